The van der Waals surface area contributed by atoms with Gasteiger partial charge in [0.2, 0.25) is 0 Å². The number of amides is 1. The van der Waals surface area contributed by atoms with Gasteiger partial charge in [-0.3, -0.25) is 5.32 Å². The lowest BCUT2D eigenvalue weighted by Crippen LogP contribution is -2.17. The van der Waals surface area contributed by atoms with Gasteiger partial charge in [0.15, 0.2) is 5.82 Å². The van der Waals surface area contributed by atoms with Gasteiger partial charge in [-0.25, -0.2) is 9.48 Å². The number of hydrogen-bond acceptors (Lipinski definition) is 4. The molecule has 0 bridgehead atoms. The summed E-state index contributed by atoms with van der Waals surface area (Å²) in [6.45, 7) is 1.85. The highest BCUT2D eigenvalue weighted by molar-refractivity contribution is 6.48. The Morgan fingerprint density at radius 2 is 2.14 bits per heavy atom. The quantitative estimate of drug-likeness (QED) is 0.830. The summed E-state index contributed by atoms with van der Waals surface area (Å²) in [5, 5.41) is 16.2. The zero-order valence-corrected chi connectivity index (χ0v) is 13.5. The van der Waals surface area contributed by atoms with Gasteiger partial charge in [-0.05, 0) is 19.1 Å². The summed E-state index contributed by atoms with van der Waals surface area (Å²) in [6, 6.07) is 5.03. The molecule has 0 saturated carbocycles. The van der Waals surface area contributed by atoms with Crippen LogP contribution in [0.1, 0.15) is 12.5 Å². The van der Waals surface area contributed by atoms with E-state index in [2.05, 4.69) is 10.4 Å². The number of nitriles is 1. The van der Waals surface area contributed by atoms with Crippen LogP contribution in [0.3, 0.4) is 0 Å². The van der Waals surface area contributed by atoms with Gasteiger partial charge in [-0.15, -0.1) is 0 Å². The maximum atomic E-state index is 11.6. The molecule has 114 valence electrons. The molecule has 0 aliphatic heterocycles. The summed E-state index contributed by atoms with van der Waals surface area (Å²) >= 11 is 18.0. The Labute approximate surface area is 141 Å². The summed E-state index contributed by atoms with van der Waals surface area (Å²) in [5.74, 6) is 0.126. The molecule has 9 heteroatoms. The summed E-state index contributed by atoms with van der Waals surface area (Å²) < 4.78 is 6.08. The molecule has 0 aliphatic carbocycles. The molecule has 0 spiro atoms. The predicted octanol–water partition coefficient (Wildman–Crippen LogP) is 4.27. The van der Waals surface area contributed by atoms with Crippen molar-refractivity contribution in [1.82, 2.24) is 9.78 Å². The Bertz CT molecular complexity index is 767. The molecule has 0 radical (unpaired) electrons. The van der Waals surface area contributed by atoms with Gasteiger partial charge >= 0.3 is 6.09 Å². The first kappa shape index (κ1) is 16.4. The molecule has 1 heterocycles. The molecule has 2 rings (SSSR count). The van der Waals surface area contributed by atoms with E-state index in [1.165, 1.54) is 16.9 Å². The number of halogens is 3. The molecule has 0 atom stereocenters. The van der Waals surface area contributed by atoms with E-state index in [4.69, 9.17) is 44.8 Å². The van der Waals surface area contributed by atoms with Gasteiger partial charge in [0.05, 0.1) is 33.6 Å². The molecule has 1 N–H and O–H groups in total. The average molecular weight is 360 g/mol. The molecule has 1 aromatic carbocycles. The molecule has 1 aromatic heterocycles. The molecule has 22 heavy (non-hydrogen) atoms. The third-order valence-corrected chi connectivity index (χ3v) is 3.91. The molecule has 2 aromatic rings. The zero-order chi connectivity index (χ0) is 16.3. The van der Waals surface area contributed by atoms with Crippen LogP contribution in [0.2, 0.25) is 15.1 Å². The number of ether oxygens (including phenoxy) is 1. The van der Waals surface area contributed by atoms with Gasteiger partial charge in [-0.2, -0.15) is 10.4 Å². The molecule has 6 nitrogen and oxygen atoms in total. The smallest absolute Gasteiger partial charge is 0.412 e. The predicted molar refractivity (Wildman–Crippen MR) is 84.0 cm³/mol. The highest BCUT2D eigenvalue weighted by atomic mass is 35.5. The van der Waals surface area contributed by atoms with Crippen LogP contribution in [0.4, 0.5) is 10.6 Å². The van der Waals surface area contributed by atoms with E-state index in [0.29, 0.717) is 5.69 Å². The third kappa shape index (κ3) is 3.12. The second-order valence-electron chi connectivity index (χ2n) is 3.97. The van der Waals surface area contributed by atoms with Crippen molar-refractivity contribution in [3.05, 3.63) is 39.0 Å². The number of carbonyl (C=O) groups is 1. The maximum absolute atomic E-state index is 11.6. The van der Waals surface area contributed by atoms with Crippen LogP contribution in [-0.4, -0.2) is 22.5 Å². The van der Waals surface area contributed by atoms with Crippen LogP contribution in [0.15, 0.2) is 18.3 Å². The van der Waals surface area contributed by atoms with Crippen LogP contribution in [0, 0.1) is 11.3 Å². The average Bonchev–Trinajstić information content (AvgIpc) is 2.88. The van der Waals surface area contributed by atoms with Crippen molar-refractivity contribution >= 4 is 46.7 Å². The zero-order valence-electron chi connectivity index (χ0n) is 11.2. The number of nitrogens with zero attached hydrogens (tertiary/aromatic N) is 3. The first-order valence-corrected chi connectivity index (χ1v) is 7.18. The van der Waals surface area contributed by atoms with E-state index >= 15 is 0 Å². The Hall–Kier alpha value is -1.94. The Balaban J connectivity index is 2.53. The lowest BCUT2D eigenvalue weighted by atomic mass is 10.3. The Kier molecular flexibility index (Phi) is 5.14. The van der Waals surface area contributed by atoms with Gasteiger partial charge in [-0.1, -0.05) is 34.8 Å². The minimum atomic E-state index is -0.711. The molecular weight excluding hydrogens is 351 g/mol. The van der Waals surface area contributed by atoms with Gasteiger partial charge < -0.3 is 4.74 Å². The Morgan fingerprint density at radius 1 is 1.41 bits per heavy atom. The van der Waals surface area contributed by atoms with Crippen molar-refractivity contribution in [2.24, 2.45) is 0 Å². The topological polar surface area (TPSA) is 79.9 Å². The van der Waals surface area contributed by atoms with Crippen molar-refractivity contribution in [3.8, 4) is 11.8 Å². The summed E-state index contributed by atoms with van der Waals surface area (Å²) in [4.78, 5) is 11.6. The molecule has 0 fully saturated rings. The molecule has 0 aliphatic rings. The van der Waals surface area contributed by atoms with Crippen LogP contribution >= 0.6 is 34.8 Å². The molecule has 0 saturated heterocycles. The molecule has 0 unspecified atom stereocenters. The highest BCUT2D eigenvalue weighted by Gasteiger charge is 2.19. The number of hydrogen-bond donors (Lipinski definition) is 1. The van der Waals surface area contributed by atoms with E-state index in [1.807, 2.05) is 6.07 Å². The van der Waals surface area contributed by atoms with Crippen LogP contribution < -0.4 is 5.32 Å². The first-order valence-electron chi connectivity index (χ1n) is 6.05. The number of rotatable bonds is 3. The van der Waals surface area contributed by atoms with Crippen molar-refractivity contribution in [2.45, 2.75) is 6.92 Å². The van der Waals surface area contributed by atoms with Crippen molar-refractivity contribution in [3.63, 3.8) is 0 Å². The van der Waals surface area contributed by atoms with E-state index in [-0.39, 0.29) is 33.1 Å². The fourth-order valence-corrected chi connectivity index (χ4v) is 2.29. The lowest BCUT2D eigenvalue weighted by molar-refractivity contribution is 0.167. The van der Waals surface area contributed by atoms with Crippen molar-refractivity contribution in [2.75, 3.05) is 11.9 Å². The number of benzene rings is 1. The van der Waals surface area contributed by atoms with Crippen LogP contribution in [0.25, 0.3) is 5.69 Å². The van der Waals surface area contributed by atoms with Crippen molar-refractivity contribution in [1.29, 1.82) is 5.26 Å². The van der Waals surface area contributed by atoms with Crippen LogP contribution in [-0.2, 0) is 4.74 Å². The number of anilines is 1. The summed E-state index contributed by atoms with van der Waals surface area (Å²) in [7, 11) is 0. The van der Waals surface area contributed by atoms with Crippen molar-refractivity contribution < 1.29 is 9.53 Å². The molecule has 1 amide bonds. The minimum absolute atomic E-state index is 0.126. The second-order valence-corrected chi connectivity index (χ2v) is 5.13. The fraction of sp³-hybridized carbons (Fsp3) is 0.154. The van der Waals surface area contributed by atoms with E-state index < -0.39 is 6.09 Å². The number of carbonyl (C=O) groups excluding carboxylic acids is 1. The van der Waals surface area contributed by atoms with Gasteiger partial charge in [0.1, 0.15) is 11.6 Å². The van der Waals surface area contributed by atoms with E-state index in [0.717, 1.165) is 0 Å². The van der Waals surface area contributed by atoms with Gasteiger partial charge in [0.25, 0.3) is 0 Å². The lowest BCUT2D eigenvalue weighted by Gasteiger charge is -2.12. The largest absolute Gasteiger partial charge is 0.450 e. The highest BCUT2D eigenvalue weighted by Crippen LogP contribution is 2.35. The maximum Gasteiger partial charge on any atom is 0.412 e. The minimum Gasteiger partial charge on any atom is -0.450 e. The summed E-state index contributed by atoms with van der Waals surface area (Å²) in [5.41, 5.74) is 0.513. The van der Waals surface area contributed by atoms with E-state index in [9.17, 15) is 4.79 Å². The standard InChI is InChI=1S/C13H9Cl3N4O2/c1-2-22-13(21)19-12-7(5-17)6-18-20(12)9-4-3-8(14)10(15)11(9)16/h3-4,6H,2H2,1H3,(H,19,21). The number of aromatic nitrogens is 2. The monoisotopic (exact) mass is 358 g/mol. The third-order valence-electron chi connectivity index (χ3n) is 2.63. The van der Waals surface area contributed by atoms with E-state index in [1.54, 1.807) is 13.0 Å². The Morgan fingerprint density at radius 3 is 2.77 bits per heavy atom. The van der Waals surface area contributed by atoms with Gasteiger partial charge in [0, 0.05) is 0 Å². The fourth-order valence-electron chi connectivity index (χ4n) is 1.68. The van der Waals surface area contributed by atoms with Crippen LogP contribution in [0.5, 0.6) is 0 Å². The normalized spacial score (nSPS) is 10.1. The first-order chi connectivity index (χ1) is 10.5. The number of nitrogens with one attached hydrogen (secondary N) is 1. The second kappa shape index (κ2) is 6.88. The summed E-state index contributed by atoms with van der Waals surface area (Å²) in [6.07, 6.45) is 0.581. The SMILES string of the molecule is CCOC(=O)Nc1c(C#N)cnn1-c1ccc(Cl)c(Cl)c1Cl. The molecular formula is C13H9Cl3N4O2.